The Bertz CT molecular complexity index is 831. The molecule has 2 amide bonds. The van der Waals surface area contributed by atoms with Crippen molar-refractivity contribution in [2.24, 2.45) is 5.92 Å². The number of carbonyl (C=O) groups excluding carboxylic acids is 2. The van der Waals surface area contributed by atoms with Gasteiger partial charge in [0, 0.05) is 50.0 Å². The largest absolute Gasteiger partial charge is 0.472 e. The number of rotatable bonds is 3. The molecule has 7 heteroatoms. The zero-order valence-electron chi connectivity index (χ0n) is 15.7. The van der Waals surface area contributed by atoms with Gasteiger partial charge in [0.1, 0.15) is 6.26 Å². The van der Waals surface area contributed by atoms with E-state index in [1.54, 1.807) is 11.0 Å². The molecular weight excluding hydrogens is 378 g/mol. The lowest BCUT2D eigenvalue weighted by Gasteiger charge is -2.39. The Labute approximate surface area is 169 Å². The topological polar surface area (TPSA) is 57.0 Å². The van der Waals surface area contributed by atoms with Gasteiger partial charge in [-0.1, -0.05) is 17.7 Å². The van der Waals surface area contributed by atoms with Crippen LogP contribution in [0, 0.1) is 5.92 Å². The molecule has 2 aromatic rings. The molecule has 2 aliphatic heterocycles. The Morgan fingerprint density at radius 3 is 2.57 bits per heavy atom. The normalized spacial score (nSPS) is 20.3. The van der Waals surface area contributed by atoms with Crippen LogP contribution in [0.1, 0.15) is 23.2 Å². The second-order valence-electron chi connectivity index (χ2n) is 7.39. The van der Waals surface area contributed by atoms with Crippen LogP contribution in [0.5, 0.6) is 0 Å². The first-order valence-corrected chi connectivity index (χ1v) is 10.1. The summed E-state index contributed by atoms with van der Waals surface area (Å²) in [6.07, 6.45) is 4.65. The molecule has 148 valence electrons. The Morgan fingerprint density at radius 2 is 1.86 bits per heavy atom. The predicted octanol–water partition coefficient (Wildman–Crippen LogP) is 3.13. The van der Waals surface area contributed by atoms with E-state index < -0.39 is 0 Å². The summed E-state index contributed by atoms with van der Waals surface area (Å²) in [7, 11) is 0. The van der Waals surface area contributed by atoms with Gasteiger partial charge >= 0.3 is 0 Å². The van der Waals surface area contributed by atoms with Gasteiger partial charge in [-0.3, -0.25) is 9.59 Å². The number of halogens is 1. The molecule has 28 heavy (non-hydrogen) atoms. The fraction of sp³-hybridized carbons (Fsp3) is 0.429. The maximum Gasteiger partial charge on any atom is 0.257 e. The molecule has 0 aliphatic carbocycles. The first kappa shape index (κ1) is 18.9. The zero-order valence-corrected chi connectivity index (χ0v) is 16.5. The molecule has 0 spiro atoms. The van der Waals surface area contributed by atoms with Gasteiger partial charge in [-0.05, 0) is 37.1 Å². The van der Waals surface area contributed by atoms with Crippen molar-refractivity contribution in [3.05, 3.63) is 53.4 Å². The monoisotopic (exact) mass is 401 g/mol. The highest BCUT2D eigenvalue weighted by molar-refractivity contribution is 6.30. The van der Waals surface area contributed by atoms with Crippen LogP contribution >= 0.6 is 11.6 Å². The number of likely N-dealkylation sites (tertiary alicyclic amines) is 1. The smallest absolute Gasteiger partial charge is 0.257 e. The molecule has 6 nitrogen and oxygen atoms in total. The van der Waals surface area contributed by atoms with Gasteiger partial charge in [0.25, 0.3) is 5.91 Å². The quantitative estimate of drug-likeness (QED) is 0.792. The number of amides is 2. The van der Waals surface area contributed by atoms with Crippen LogP contribution in [-0.4, -0.2) is 60.9 Å². The molecule has 0 radical (unpaired) electrons. The van der Waals surface area contributed by atoms with Crippen molar-refractivity contribution in [1.82, 2.24) is 9.80 Å². The van der Waals surface area contributed by atoms with E-state index in [1.165, 1.54) is 12.5 Å². The van der Waals surface area contributed by atoms with Crippen LogP contribution in [0.15, 0.2) is 47.3 Å². The standard InChI is InChI=1S/C21H24ClN3O3/c22-18-4-1-5-19(13-18)23-8-10-24(11-9-23)20(26)16-3-2-7-25(14-16)21(27)17-6-12-28-15-17/h1,4-6,12-13,15-16H,2-3,7-11,14H2/t16-/m0/s1. The fourth-order valence-electron chi connectivity index (χ4n) is 4.05. The summed E-state index contributed by atoms with van der Waals surface area (Å²) in [6.45, 7) is 4.13. The summed E-state index contributed by atoms with van der Waals surface area (Å²) in [5.74, 6) is -0.0187. The van der Waals surface area contributed by atoms with Gasteiger partial charge in [0.05, 0.1) is 17.7 Å². The molecule has 2 fully saturated rings. The van der Waals surface area contributed by atoms with E-state index in [-0.39, 0.29) is 17.7 Å². The Hall–Kier alpha value is -2.47. The number of nitrogens with zero attached hydrogens (tertiary/aromatic N) is 3. The maximum absolute atomic E-state index is 13.0. The third-order valence-electron chi connectivity index (χ3n) is 5.59. The number of piperazine rings is 1. The van der Waals surface area contributed by atoms with Crippen molar-refractivity contribution in [2.75, 3.05) is 44.2 Å². The van der Waals surface area contributed by atoms with Crippen molar-refractivity contribution in [3.63, 3.8) is 0 Å². The number of benzene rings is 1. The average Bonchev–Trinajstić information content (AvgIpc) is 3.28. The second-order valence-corrected chi connectivity index (χ2v) is 7.83. The van der Waals surface area contributed by atoms with Gasteiger partial charge in [-0.25, -0.2) is 0 Å². The van der Waals surface area contributed by atoms with Crippen molar-refractivity contribution in [2.45, 2.75) is 12.8 Å². The molecule has 1 aromatic carbocycles. The van der Waals surface area contributed by atoms with Crippen LogP contribution < -0.4 is 4.90 Å². The van der Waals surface area contributed by atoms with Gasteiger partial charge in [0.15, 0.2) is 0 Å². The molecule has 0 N–H and O–H groups in total. The predicted molar refractivity (Wildman–Crippen MR) is 108 cm³/mol. The minimum Gasteiger partial charge on any atom is -0.472 e. The molecule has 4 rings (SSSR count). The van der Waals surface area contributed by atoms with E-state index in [0.717, 1.165) is 36.6 Å². The average molecular weight is 402 g/mol. The Morgan fingerprint density at radius 1 is 1.04 bits per heavy atom. The van der Waals surface area contributed by atoms with Crippen molar-refractivity contribution in [1.29, 1.82) is 0 Å². The number of carbonyl (C=O) groups is 2. The number of piperidine rings is 1. The lowest BCUT2D eigenvalue weighted by molar-refractivity contribution is -0.137. The van der Waals surface area contributed by atoms with Crippen LogP contribution in [0.2, 0.25) is 5.02 Å². The van der Waals surface area contributed by atoms with Gasteiger partial charge in [-0.15, -0.1) is 0 Å². The molecule has 0 unspecified atom stereocenters. The molecule has 1 atom stereocenters. The van der Waals surface area contributed by atoms with Gasteiger partial charge < -0.3 is 19.1 Å². The third-order valence-corrected chi connectivity index (χ3v) is 5.83. The molecule has 1 aromatic heterocycles. The van der Waals surface area contributed by atoms with Crippen LogP contribution in [0.25, 0.3) is 0 Å². The number of hydrogen-bond acceptors (Lipinski definition) is 4. The van der Waals surface area contributed by atoms with E-state index in [1.807, 2.05) is 29.2 Å². The van der Waals surface area contributed by atoms with E-state index in [2.05, 4.69) is 4.90 Å². The Balaban J connectivity index is 1.34. The summed E-state index contributed by atoms with van der Waals surface area (Å²) >= 11 is 6.09. The van der Waals surface area contributed by atoms with Crippen molar-refractivity contribution >= 4 is 29.1 Å². The minimum absolute atomic E-state index is 0.0583. The van der Waals surface area contributed by atoms with E-state index in [4.69, 9.17) is 16.0 Å². The van der Waals surface area contributed by atoms with Crippen molar-refractivity contribution < 1.29 is 14.0 Å². The highest BCUT2D eigenvalue weighted by atomic mass is 35.5. The Kier molecular flexibility index (Phi) is 5.57. The highest BCUT2D eigenvalue weighted by Crippen LogP contribution is 2.24. The fourth-order valence-corrected chi connectivity index (χ4v) is 4.23. The van der Waals surface area contributed by atoms with Crippen molar-refractivity contribution in [3.8, 4) is 0 Å². The lowest BCUT2D eigenvalue weighted by atomic mass is 9.95. The molecule has 2 aliphatic rings. The summed E-state index contributed by atoms with van der Waals surface area (Å²) in [5.41, 5.74) is 1.64. The van der Waals surface area contributed by atoms with E-state index >= 15 is 0 Å². The number of hydrogen-bond donors (Lipinski definition) is 0. The zero-order chi connectivity index (χ0) is 19.5. The maximum atomic E-state index is 13.0. The lowest BCUT2D eigenvalue weighted by Crippen LogP contribution is -2.53. The molecular formula is C21H24ClN3O3. The molecule has 0 bridgehead atoms. The minimum atomic E-state index is -0.123. The molecule has 2 saturated heterocycles. The van der Waals surface area contributed by atoms with E-state index in [0.29, 0.717) is 31.7 Å². The summed E-state index contributed by atoms with van der Waals surface area (Å²) in [6, 6.07) is 9.49. The highest BCUT2D eigenvalue weighted by Gasteiger charge is 2.33. The van der Waals surface area contributed by atoms with Crippen LogP contribution in [0.3, 0.4) is 0 Å². The van der Waals surface area contributed by atoms with Gasteiger partial charge in [0.2, 0.25) is 5.91 Å². The third kappa shape index (κ3) is 4.02. The first-order valence-electron chi connectivity index (χ1n) is 9.72. The van der Waals surface area contributed by atoms with Gasteiger partial charge in [-0.2, -0.15) is 0 Å². The van der Waals surface area contributed by atoms with Crippen LogP contribution in [-0.2, 0) is 4.79 Å². The van der Waals surface area contributed by atoms with Crippen LogP contribution in [0.4, 0.5) is 5.69 Å². The van der Waals surface area contributed by atoms with E-state index in [9.17, 15) is 9.59 Å². The first-order chi connectivity index (χ1) is 13.6. The molecule has 3 heterocycles. The number of furan rings is 1. The SMILES string of the molecule is O=C(c1ccoc1)N1CCC[C@H](C(=O)N2CCN(c3cccc(Cl)c3)CC2)C1. The second kappa shape index (κ2) is 8.27. The summed E-state index contributed by atoms with van der Waals surface area (Å²) < 4.78 is 5.01. The molecule has 0 saturated carbocycles. The summed E-state index contributed by atoms with van der Waals surface area (Å²) in [5, 5.41) is 0.723. The summed E-state index contributed by atoms with van der Waals surface area (Å²) in [4.78, 5) is 31.6. The number of anilines is 1.